The molecule has 0 atom stereocenters. The number of halogens is 1. The summed E-state index contributed by atoms with van der Waals surface area (Å²) in [5.41, 5.74) is 2.82. The summed E-state index contributed by atoms with van der Waals surface area (Å²) in [6.07, 6.45) is 3.09. The number of benzene rings is 4. The van der Waals surface area contributed by atoms with Gasteiger partial charge in [-0.15, -0.1) is 0 Å². The Hall–Kier alpha value is -5.91. The predicted octanol–water partition coefficient (Wildman–Crippen LogP) is 3.68. The molecule has 10 nitrogen and oxygen atoms in total. The summed E-state index contributed by atoms with van der Waals surface area (Å²) < 4.78 is 16.8. The summed E-state index contributed by atoms with van der Waals surface area (Å²) in [6, 6.07) is 30.2. The van der Waals surface area contributed by atoms with Crippen molar-refractivity contribution in [2.75, 3.05) is 26.3 Å². The van der Waals surface area contributed by atoms with Crippen molar-refractivity contribution in [2.45, 2.75) is 13.1 Å². The second-order valence-corrected chi connectivity index (χ2v) is 11.1. The topological polar surface area (TPSA) is 143 Å². The molecule has 2 amide bonds. The highest BCUT2D eigenvalue weighted by Gasteiger charge is 2.16. The third-order valence-corrected chi connectivity index (χ3v) is 7.72. The summed E-state index contributed by atoms with van der Waals surface area (Å²) in [4.78, 5) is 49.7. The highest BCUT2D eigenvalue weighted by Crippen LogP contribution is 2.16. The number of hydrogen-bond acceptors (Lipinski definition) is 6. The first-order valence-electron chi connectivity index (χ1n) is 15.6. The van der Waals surface area contributed by atoms with Crippen LogP contribution in [0.4, 0.5) is 4.39 Å². The Labute approximate surface area is 280 Å². The average molecular weight is 663 g/mol. The first-order valence-corrected chi connectivity index (χ1v) is 15.6. The van der Waals surface area contributed by atoms with E-state index < -0.39 is 11.8 Å². The van der Waals surface area contributed by atoms with Gasteiger partial charge in [-0.05, 0) is 47.5 Å². The van der Waals surface area contributed by atoms with E-state index in [1.54, 1.807) is 53.2 Å². The van der Waals surface area contributed by atoms with Crippen LogP contribution in [0.15, 0.2) is 125 Å². The van der Waals surface area contributed by atoms with Crippen LogP contribution in [0.1, 0.15) is 31.8 Å². The fourth-order valence-electron chi connectivity index (χ4n) is 5.37. The van der Waals surface area contributed by atoms with Crippen LogP contribution in [0.2, 0.25) is 0 Å². The third kappa shape index (κ3) is 8.33. The van der Waals surface area contributed by atoms with Crippen LogP contribution in [-0.4, -0.2) is 57.5 Å². The second-order valence-electron chi connectivity index (χ2n) is 11.1. The van der Waals surface area contributed by atoms with E-state index in [9.17, 15) is 23.6 Å². The maximum atomic E-state index is 13.1. The first-order chi connectivity index (χ1) is 23.8. The largest absolute Gasteiger partial charge is 0.395 e. The lowest BCUT2D eigenvalue weighted by Gasteiger charge is -2.13. The fourth-order valence-corrected chi connectivity index (χ4v) is 5.37. The molecule has 0 aliphatic carbocycles. The van der Waals surface area contributed by atoms with Crippen LogP contribution in [0.5, 0.6) is 0 Å². The van der Waals surface area contributed by atoms with Crippen LogP contribution in [0, 0.1) is 5.82 Å². The molecule has 11 heteroatoms. The number of carbonyl (C=O) groups excluding carboxylic acids is 2. The molecular formula is C38H35FN4O6. The van der Waals surface area contributed by atoms with Crippen LogP contribution < -0.4 is 21.5 Å². The molecule has 0 saturated carbocycles. The lowest BCUT2D eigenvalue weighted by atomic mass is 10.1. The number of aliphatic hydroxyl groups is 2. The van der Waals surface area contributed by atoms with Crippen LogP contribution in [-0.2, 0) is 13.1 Å². The van der Waals surface area contributed by atoms with Gasteiger partial charge in [0.1, 0.15) is 16.9 Å². The molecule has 0 spiro atoms. The number of fused-ring (bicyclic) bond motifs is 2. The van der Waals surface area contributed by atoms with E-state index in [0.29, 0.717) is 29.4 Å². The average Bonchev–Trinajstić information content (AvgIpc) is 3.13. The number of aliphatic hydroxyl groups excluding tert-OH is 2. The minimum absolute atomic E-state index is 0.00858. The lowest BCUT2D eigenvalue weighted by molar-refractivity contribution is 0.0935. The van der Waals surface area contributed by atoms with E-state index >= 15 is 0 Å². The van der Waals surface area contributed by atoms with Crippen molar-refractivity contribution in [3.8, 4) is 0 Å². The van der Waals surface area contributed by atoms with Gasteiger partial charge in [0.2, 0.25) is 10.9 Å². The van der Waals surface area contributed by atoms with Crippen molar-refractivity contribution in [3.05, 3.63) is 164 Å². The molecule has 6 aromatic rings. The molecule has 4 N–H and O–H groups in total. The zero-order chi connectivity index (χ0) is 34.8. The Kier molecular flexibility index (Phi) is 11.4. The number of carbonyl (C=O) groups is 2. The van der Waals surface area contributed by atoms with Gasteiger partial charge in [-0.3, -0.25) is 19.2 Å². The van der Waals surface area contributed by atoms with Gasteiger partial charge in [-0.2, -0.15) is 0 Å². The predicted molar refractivity (Wildman–Crippen MR) is 186 cm³/mol. The number of rotatable bonds is 10. The van der Waals surface area contributed by atoms with Crippen molar-refractivity contribution in [3.63, 3.8) is 0 Å². The monoisotopic (exact) mass is 662 g/mol. The van der Waals surface area contributed by atoms with Gasteiger partial charge in [0.25, 0.3) is 11.8 Å². The van der Waals surface area contributed by atoms with E-state index in [0.717, 1.165) is 16.6 Å². The number of amides is 2. The minimum atomic E-state index is -0.530. The molecule has 4 aromatic carbocycles. The van der Waals surface area contributed by atoms with Crippen molar-refractivity contribution in [2.24, 2.45) is 0 Å². The zero-order valence-corrected chi connectivity index (χ0v) is 26.5. The Morgan fingerprint density at radius 3 is 1.43 bits per heavy atom. The van der Waals surface area contributed by atoms with Gasteiger partial charge in [-0.1, -0.05) is 66.7 Å². The minimum Gasteiger partial charge on any atom is -0.395 e. The van der Waals surface area contributed by atoms with Gasteiger partial charge in [0.15, 0.2) is 0 Å². The lowest BCUT2D eigenvalue weighted by Crippen LogP contribution is -2.31. The van der Waals surface area contributed by atoms with Gasteiger partial charge in [0, 0.05) is 49.3 Å². The van der Waals surface area contributed by atoms with Crippen molar-refractivity contribution < 1.29 is 24.2 Å². The first kappa shape index (κ1) is 34.4. The van der Waals surface area contributed by atoms with Crippen molar-refractivity contribution >= 4 is 33.6 Å². The number of aromatic nitrogens is 2. The number of para-hydroxylation sites is 2. The van der Waals surface area contributed by atoms with Crippen molar-refractivity contribution in [1.29, 1.82) is 0 Å². The van der Waals surface area contributed by atoms with Gasteiger partial charge in [0.05, 0.1) is 24.2 Å². The molecule has 49 heavy (non-hydrogen) atoms. The second kappa shape index (κ2) is 16.3. The molecule has 0 aliphatic rings. The SMILES string of the molecule is O=C(NCCO)c1cn(Cc2ccc(F)cc2)c2ccccc2c1=O.O=C(NCCO)c1cn(Cc2ccccc2)c2ccccc2c1=O. The maximum Gasteiger partial charge on any atom is 0.256 e. The smallest absolute Gasteiger partial charge is 0.256 e. The summed E-state index contributed by atoms with van der Waals surface area (Å²) in [7, 11) is 0. The van der Waals surface area contributed by atoms with Gasteiger partial charge >= 0.3 is 0 Å². The van der Waals surface area contributed by atoms with E-state index in [1.165, 1.54) is 18.3 Å². The number of nitrogens with one attached hydrogen (secondary N) is 2. The standard InChI is InChI=1S/C19H17FN2O3.C19H18N2O3/c20-14-7-5-13(6-8-14)11-22-12-16(19(25)21-9-10-23)18(24)15-3-1-2-4-17(15)22;22-11-10-20-19(24)16-13-21(12-14-6-2-1-3-7-14)17-9-5-4-8-15(17)18(16)23/h1-8,12,23H,9-11H2,(H,21,25);1-9,13,22H,10-12H2,(H,20,24). The third-order valence-electron chi connectivity index (χ3n) is 7.72. The zero-order valence-electron chi connectivity index (χ0n) is 26.5. The Bertz CT molecular complexity index is 2200. The maximum absolute atomic E-state index is 13.1. The molecule has 6 rings (SSSR count). The summed E-state index contributed by atoms with van der Waals surface area (Å²) in [5.74, 6) is -1.32. The summed E-state index contributed by atoms with van der Waals surface area (Å²) in [5, 5.41) is 23.7. The molecule has 250 valence electrons. The van der Waals surface area contributed by atoms with Crippen LogP contribution >= 0.6 is 0 Å². The number of nitrogens with zero attached hydrogens (tertiary/aromatic N) is 2. The van der Waals surface area contributed by atoms with E-state index in [4.69, 9.17) is 10.2 Å². The quantitative estimate of drug-likeness (QED) is 0.176. The molecule has 0 radical (unpaired) electrons. The molecule has 2 aromatic heterocycles. The molecule has 0 saturated heterocycles. The molecule has 0 bridgehead atoms. The molecular weight excluding hydrogens is 627 g/mol. The highest BCUT2D eigenvalue weighted by atomic mass is 19.1. The normalized spacial score (nSPS) is 10.8. The van der Waals surface area contributed by atoms with Gasteiger partial charge in [-0.25, -0.2) is 4.39 Å². The summed E-state index contributed by atoms with van der Waals surface area (Å²) >= 11 is 0. The highest BCUT2D eigenvalue weighted by molar-refractivity contribution is 5.98. The molecule has 0 fully saturated rings. The Morgan fingerprint density at radius 1 is 0.571 bits per heavy atom. The number of hydrogen-bond donors (Lipinski definition) is 4. The molecule has 0 unspecified atom stereocenters. The van der Waals surface area contributed by atoms with Crippen LogP contribution in [0.3, 0.4) is 0 Å². The Balaban J connectivity index is 0.000000191. The fraction of sp³-hybridized carbons (Fsp3) is 0.158. The van der Waals surface area contributed by atoms with E-state index in [-0.39, 0.29) is 54.1 Å². The van der Waals surface area contributed by atoms with Crippen molar-refractivity contribution in [1.82, 2.24) is 19.8 Å². The Morgan fingerprint density at radius 2 is 0.980 bits per heavy atom. The summed E-state index contributed by atoms with van der Waals surface area (Å²) in [6.45, 7) is 0.761. The van der Waals surface area contributed by atoms with E-state index in [2.05, 4.69) is 10.6 Å². The number of pyridine rings is 2. The van der Waals surface area contributed by atoms with Gasteiger partial charge < -0.3 is 30.0 Å². The van der Waals surface area contributed by atoms with E-state index in [1.807, 2.05) is 53.1 Å². The molecule has 2 heterocycles. The molecule has 0 aliphatic heterocycles. The van der Waals surface area contributed by atoms with Crippen LogP contribution in [0.25, 0.3) is 21.8 Å².